The molecule has 0 saturated heterocycles. The van der Waals surface area contributed by atoms with Crippen LogP contribution in [0.5, 0.6) is 17.2 Å². The number of ether oxygens (including phenoxy) is 3. The standard InChI is InChI=1S/C23H31N3O3.HI/c1-24-22(26-16-23(13-8-14-23)18-9-6-5-7-10-18)25-15-17-11-12-19(27-2)21(29-4)20(17)28-3;/h5-7,9-12H,8,13-16H2,1-4H3,(H2,24,25,26);1H. The highest BCUT2D eigenvalue weighted by Gasteiger charge is 2.38. The number of rotatable bonds is 8. The summed E-state index contributed by atoms with van der Waals surface area (Å²) in [6, 6.07) is 14.6. The number of guanidine groups is 1. The SMILES string of the molecule is CN=C(NCc1ccc(OC)c(OC)c1OC)NCC1(c2ccccc2)CCC1.I. The minimum Gasteiger partial charge on any atom is -0.493 e. The van der Waals surface area contributed by atoms with E-state index in [4.69, 9.17) is 14.2 Å². The Morgan fingerprint density at radius 2 is 1.63 bits per heavy atom. The fourth-order valence-electron chi connectivity index (χ4n) is 3.92. The highest BCUT2D eigenvalue weighted by molar-refractivity contribution is 14.0. The molecule has 0 bridgehead atoms. The zero-order valence-electron chi connectivity index (χ0n) is 18.2. The largest absolute Gasteiger partial charge is 0.493 e. The minimum atomic E-state index is 0. The number of aliphatic imine (C=N–C) groups is 1. The molecular weight excluding hydrogens is 493 g/mol. The van der Waals surface area contributed by atoms with E-state index < -0.39 is 0 Å². The first-order valence-electron chi connectivity index (χ1n) is 9.95. The second-order valence-corrected chi connectivity index (χ2v) is 7.27. The molecule has 0 spiro atoms. The molecule has 0 atom stereocenters. The van der Waals surface area contributed by atoms with Crippen LogP contribution in [0.2, 0.25) is 0 Å². The highest BCUT2D eigenvalue weighted by Crippen LogP contribution is 2.43. The molecule has 0 radical (unpaired) electrons. The highest BCUT2D eigenvalue weighted by atomic mass is 127. The summed E-state index contributed by atoms with van der Waals surface area (Å²) < 4.78 is 16.4. The van der Waals surface area contributed by atoms with E-state index in [0.29, 0.717) is 23.8 Å². The predicted octanol–water partition coefficient (Wildman–Crippen LogP) is 4.12. The number of hydrogen-bond donors (Lipinski definition) is 2. The molecule has 1 saturated carbocycles. The monoisotopic (exact) mass is 525 g/mol. The van der Waals surface area contributed by atoms with Gasteiger partial charge in [-0.15, -0.1) is 24.0 Å². The van der Waals surface area contributed by atoms with Gasteiger partial charge in [0, 0.05) is 31.1 Å². The third-order valence-electron chi connectivity index (χ3n) is 5.75. The van der Waals surface area contributed by atoms with Crippen LogP contribution in [0.3, 0.4) is 0 Å². The van der Waals surface area contributed by atoms with Crippen LogP contribution >= 0.6 is 24.0 Å². The summed E-state index contributed by atoms with van der Waals surface area (Å²) in [5, 5.41) is 6.90. The molecule has 0 amide bonds. The number of halogens is 1. The van der Waals surface area contributed by atoms with Crippen LogP contribution in [0.1, 0.15) is 30.4 Å². The van der Waals surface area contributed by atoms with Crippen molar-refractivity contribution in [3.63, 3.8) is 0 Å². The van der Waals surface area contributed by atoms with Gasteiger partial charge < -0.3 is 24.8 Å². The van der Waals surface area contributed by atoms with Crippen LogP contribution in [-0.2, 0) is 12.0 Å². The lowest BCUT2D eigenvalue weighted by atomic mass is 9.64. The normalized spacial score (nSPS) is 14.7. The Labute approximate surface area is 196 Å². The van der Waals surface area contributed by atoms with E-state index >= 15 is 0 Å². The fraction of sp³-hybridized carbons (Fsp3) is 0.435. The summed E-state index contributed by atoms with van der Waals surface area (Å²) in [6.45, 7) is 1.42. The van der Waals surface area contributed by atoms with E-state index in [1.807, 2.05) is 12.1 Å². The topological polar surface area (TPSA) is 64.1 Å². The summed E-state index contributed by atoms with van der Waals surface area (Å²) in [7, 11) is 6.65. The van der Waals surface area contributed by atoms with Gasteiger partial charge >= 0.3 is 0 Å². The maximum absolute atomic E-state index is 5.57. The fourth-order valence-corrected chi connectivity index (χ4v) is 3.92. The van der Waals surface area contributed by atoms with E-state index in [-0.39, 0.29) is 29.4 Å². The van der Waals surface area contributed by atoms with Crippen molar-refractivity contribution in [1.82, 2.24) is 10.6 Å². The molecule has 0 heterocycles. The summed E-state index contributed by atoms with van der Waals surface area (Å²) >= 11 is 0. The van der Waals surface area contributed by atoms with Gasteiger partial charge in [0.05, 0.1) is 21.3 Å². The Kier molecular flexibility index (Phi) is 9.08. The Hall–Kier alpha value is -2.16. The maximum atomic E-state index is 5.57. The molecular formula is C23H32IN3O3. The first kappa shape index (κ1) is 24.1. The Bertz CT molecular complexity index is 839. The Balaban J connectivity index is 0.00000320. The quantitative estimate of drug-likeness (QED) is 0.309. The van der Waals surface area contributed by atoms with E-state index in [2.05, 4.69) is 46.0 Å². The first-order chi connectivity index (χ1) is 14.2. The van der Waals surface area contributed by atoms with Crippen molar-refractivity contribution in [3.05, 3.63) is 53.6 Å². The molecule has 0 unspecified atom stereocenters. The lowest BCUT2D eigenvalue weighted by molar-refractivity contribution is 0.244. The molecule has 164 valence electrons. The summed E-state index contributed by atoms with van der Waals surface area (Å²) in [4.78, 5) is 4.39. The second-order valence-electron chi connectivity index (χ2n) is 7.27. The average Bonchev–Trinajstić information content (AvgIpc) is 2.74. The van der Waals surface area contributed by atoms with Gasteiger partial charge in [-0.2, -0.15) is 0 Å². The maximum Gasteiger partial charge on any atom is 0.203 e. The number of benzene rings is 2. The lowest BCUT2D eigenvalue weighted by Gasteiger charge is -2.43. The minimum absolute atomic E-state index is 0. The average molecular weight is 525 g/mol. The zero-order chi connectivity index (χ0) is 20.7. The molecule has 2 N–H and O–H groups in total. The third-order valence-corrected chi connectivity index (χ3v) is 5.75. The molecule has 3 rings (SSSR count). The van der Waals surface area contributed by atoms with Crippen LogP contribution < -0.4 is 24.8 Å². The van der Waals surface area contributed by atoms with Gasteiger partial charge in [-0.3, -0.25) is 4.99 Å². The first-order valence-corrected chi connectivity index (χ1v) is 9.95. The number of methoxy groups -OCH3 is 3. The number of nitrogens with one attached hydrogen (secondary N) is 2. The predicted molar refractivity (Wildman–Crippen MR) is 132 cm³/mol. The van der Waals surface area contributed by atoms with Gasteiger partial charge in [-0.25, -0.2) is 0 Å². The summed E-state index contributed by atoms with van der Waals surface area (Å²) in [5.41, 5.74) is 2.56. The van der Waals surface area contributed by atoms with Gasteiger partial charge in [0.15, 0.2) is 17.5 Å². The Morgan fingerprint density at radius 1 is 0.933 bits per heavy atom. The summed E-state index contributed by atoms with van der Waals surface area (Å²) in [6.07, 6.45) is 3.67. The molecule has 0 aromatic heterocycles. The lowest BCUT2D eigenvalue weighted by Crippen LogP contribution is -2.48. The van der Waals surface area contributed by atoms with Gasteiger partial charge in [0.25, 0.3) is 0 Å². The molecule has 0 aliphatic heterocycles. The van der Waals surface area contributed by atoms with Crippen LogP contribution in [-0.4, -0.2) is 40.9 Å². The van der Waals surface area contributed by atoms with Crippen LogP contribution in [0.15, 0.2) is 47.5 Å². The van der Waals surface area contributed by atoms with Gasteiger partial charge in [0.2, 0.25) is 5.75 Å². The van der Waals surface area contributed by atoms with Gasteiger partial charge in [-0.1, -0.05) is 36.8 Å². The van der Waals surface area contributed by atoms with Crippen molar-refractivity contribution in [3.8, 4) is 17.2 Å². The third kappa shape index (κ3) is 5.11. The Morgan fingerprint density at radius 3 is 2.17 bits per heavy atom. The van der Waals surface area contributed by atoms with Crippen LogP contribution in [0.4, 0.5) is 0 Å². The number of nitrogens with zero attached hydrogens (tertiary/aromatic N) is 1. The smallest absolute Gasteiger partial charge is 0.203 e. The van der Waals surface area contributed by atoms with Gasteiger partial charge in [-0.05, 0) is 30.5 Å². The van der Waals surface area contributed by atoms with Crippen molar-refractivity contribution >= 4 is 29.9 Å². The van der Waals surface area contributed by atoms with Crippen LogP contribution in [0, 0.1) is 0 Å². The second kappa shape index (κ2) is 11.3. The van der Waals surface area contributed by atoms with Crippen molar-refractivity contribution in [2.75, 3.05) is 34.9 Å². The van der Waals surface area contributed by atoms with Crippen molar-refractivity contribution in [2.24, 2.45) is 4.99 Å². The van der Waals surface area contributed by atoms with Gasteiger partial charge in [0.1, 0.15) is 0 Å². The molecule has 1 fully saturated rings. The molecule has 2 aromatic rings. The van der Waals surface area contributed by atoms with Crippen molar-refractivity contribution in [2.45, 2.75) is 31.2 Å². The van der Waals surface area contributed by atoms with E-state index in [1.165, 1.54) is 24.8 Å². The molecule has 6 nitrogen and oxygen atoms in total. The van der Waals surface area contributed by atoms with Crippen molar-refractivity contribution in [1.29, 1.82) is 0 Å². The molecule has 2 aromatic carbocycles. The zero-order valence-corrected chi connectivity index (χ0v) is 20.5. The van der Waals surface area contributed by atoms with Crippen LogP contribution in [0.25, 0.3) is 0 Å². The van der Waals surface area contributed by atoms with E-state index in [1.54, 1.807) is 28.4 Å². The molecule has 30 heavy (non-hydrogen) atoms. The molecule has 7 heteroatoms. The van der Waals surface area contributed by atoms with E-state index in [9.17, 15) is 0 Å². The molecule has 1 aliphatic rings. The van der Waals surface area contributed by atoms with Crippen molar-refractivity contribution < 1.29 is 14.2 Å². The number of hydrogen-bond acceptors (Lipinski definition) is 4. The summed E-state index contributed by atoms with van der Waals surface area (Å²) in [5.74, 6) is 2.67. The molecule has 1 aliphatic carbocycles. The van der Waals surface area contributed by atoms with E-state index in [0.717, 1.165) is 18.1 Å².